The van der Waals surface area contributed by atoms with Gasteiger partial charge in [0.1, 0.15) is 0 Å². The quantitative estimate of drug-likeness (QED) is 0.460. The molecule has 3 nitrogen and oxygen atoms in total. The van der Waals surface area contributed by atoms with Gasteiger partial charge in [-0.25, -0.2) is 0 Å². The van der Waals surface area contributed by atoms with E-state index in [2.05, 4.69) is 34.3 Å². The van der Waals surface area contributed by atoms with Crippen molar-refractivity contribution in [2.45, 2.75) is 127 Å². The summed E-state index contributed by atoms with van der Waals surface area (Å²) < 4.78 is 2.67. The zero-order valence-corrected chi connectivity index (χ0v) is 20.2. The topological polar surface area (TPSA) is 43.0 Å². The molecule has 176 valence electrons. The minimum Gasteiger partial charge on any atom is -0.344 e. The standard InChI is InChI=1S/C29H45N3/c30-25-14-16-26(17-15-25)31-19-7-10-24-21-32(27-11-5-2-6-12-27)29-18-13-23(20-28(24)29)22-8-3-1-4-9-22/h13,18,20-22,25-27,31H,1-12,14-17,19,30H2/t25-,26-. The van der Waals surface area contributed by atoms with Crippen LogP contribution in [0.15, 0.2) is 24.4 Å². The first-order valence-corrected chi connectivity index (χ1v) is 13.9. The Morgan fingerprint density at radius 1 is 0.844 bits per heavy atom. The third-order valence-corrected chi connectivity index (χ3v) is 8.81. The van der Waals surface area contributed by atoms with Crippen LogP contribution in [0.5, 0.6) is 0 Å². The molecule has 0 bridgehead atoms. The highest BCUT2D eigenvalue weighted by molar-refractivity contribution is 5.85. The maximum atomic E-state index is 6.08. The number of hydrogen-bond donors (Lipinski definition) is 2. The minimum atomic E-state index is 0.442. The molecule has 0 unspecified atom stereocenters. The molecule has 0 saturated heterocycles. The van der Waals surface area contributed by atoms with E-state index in [1.165, 1.54) is 108 Å². The Labute approximate surface area is 195 Å². The highest BCUT2D eigenvalue weighted by atomic mass is 15.0. The second-order valence-electron chi connectivity index (χ2n) is 11.1. The Morgan fingerprint density at radius 3 is 2.31 bits per heavy atom. The van der Waals surface area contributed by atoms with Crippen molar-refractivity contribution < 1.29 is 0 Å². The summed E-state index contributed by atoms with van der Waals surface area (Å²) >= 11 is 0. The van der Waals surface area contributed by atoms with Crippen molar-refractivity contribution in [1.29, 1.82) is 0 Å². The van der Waals surface area contributed by atoms with Crippen LogP contribution in [0.25, 0.3) is 10.9 Å². The molecule has 3 N–H and O–H groups in total. The van der Waals surface area contributed by atoms with E-state index in [0.717, 1.165) is 12.5 Å². The number of aromatic nitrogens is 1. The molecule has 0 atom stereocenters. The second-order valence-corrected chi connectivity index (χ2v) is 11.1. The molecular formula is C29H45N3. The lowest BCUT2D eigenvalue weighted by molar-refractivity contribution is 0.342. The van der Waals surface area contributed by atoms with Crippen molar-refractivity contribution in [2.24, 2.45) is 5.73 Å². The molecule has 3 aliphatic rings. The Morgan fingerprint density at radius 2 is 1.56 bits per heavy atom. The molecule has 1 aromatic heterocycles. The van der Waals surface area contributed by atoms with Gasteiger partial charge in [-0.2, -0.15) is 0 Å². The monoisotopic (exact) mass is 435 g/mol. The molecular weight excluding hydrogens is 390 g/mol. The number of hydrogen-bond acceptors (Lipinski definition) is 2. The summed E-state index contributed by atoms with van der Waals surface area (Å²) in [4.78, 5) is 0. The molecule has 5 rings (SSSR count). The molecule has 0 spiro atoms. The Hall–Kier alpha value is -1.32. The second kappa shape index (κ2) is 10.7. The molecule has 3 aliphatic carbocycles. The van der Waals surface area contributed by atoms with Crippen LogP contribution in [-0.4, -0.2) is 23.2 Å². The summed E-state index contributed by atoms with van der Waals surface area (Å²) in [5, 5.41) is 5.39. The van der Waals surface area contributed by atoms with Gasteiger partial charge in [0.25, 0.3) is 0 Å². The summed E-state index contributed by atoms with van der Waals surface area (Å²) in [7, 11) is 0. The molecule has 1 heterocycles. The van der Waals surface area contributed by atoms with Gasteiger partial charge >= 0.3 is 0 Å². The van der Waals surface area contributed by atoms with Crippen LogP contribution in [0.2, 0.25) is 0 Å². The van der Waals surface area contributed by atoms with Crippen molar-refractivity contribution in [3.63, 3.8) is 0 Å². The predicted octanol–water partition coefficient (Wildman–Crippen LogP) is 6.99. The first kappa shape index (κ1) is 22.5. The summed E-state index contributed by atoms with van der Waals surface area (Å²) in [6.45, 7) is 1.14. The van der Waals surface area contributed by atoms with Gasteiger partial charge in [-0.1, -0.05) is 44.6 Å². The SMILES string of the molecule is N[C@H]1CC[C@H](NCCCc2cn(C3CCCCC3)c3ccc(C4CCCCC4)cc23)CC1. The highest BCUT2D eigenvalue weighted by Crippen LogP contribution is 2.38. The van der Waals surface area contributed by atoms with Crippen LogP contribution >= 0.6 is 0 Å². The van der Waals surface area contributed by atoms with E-state index in [4.69, 9.17) is 5.73 Å². The van der Waals surface area contributed by atoms with Crippen LogP contribution in [0.1, 0.15) is 119 Å². The van der Waals surface area contributed by atoms with E-state index in [1.807, 2.05) is 0 Å². The van der Waals surface area contributed by atoms with Gasteiger partial charge in [0.05, 0.1) is 0 Å². The minimum absolute atomic E-state index is 0.442. The van der Waals surface area contributed by atoms with E-state index >= 15 is 0 Å². The van der Waals surface area contributed by atoms with Crippen LogP contribution < -0.4 is 11.1 Å². The zero-order valence-electron chi connectivity index (χ0n) is 20.2. The lowest BCUT2D eigenvalue weighted by Crippen LogP contribution is -2.37. The molecule has 2 aromatic rings. The molecule has 3 fully saturated rings. The number of nitrogens with one attached hydrogen (secondary N) is 1. The summed E-state index contributed by atoms with van der Waals surface area (Å²) in [5.41, 5.74) is 10.8. The van der Waals surface area contributed by atoms with Crippen LogP contribution in [-0.2, 0) is 6.42 Å². The first-order chi connectivity index (χ1) is 15.8. The van der Waals surface area contributed by atoms with Crippen molar-refractivity contribution in [3.8, 4) is 0 Å². The molecule has 3 heteroatoms. The molecule has 0 amide bonds. The number of aryl methyl sites for hydroxylation is 1. The average Bonchev–Trinajstić information content (AvgIpc) is 3.22. The van der Waals surface area contributed by atoms with E-state index < -0.39 is 0 Å². The number of nitrogens with zero attached hydrogens (tertiary/aromatic N) is 1. The van der Waals surface area contributed by atoms with E-state index in [-0.39, 0.29) is 0 Å². The molecule has 0 radical (unpaired) electrons. The largest absolute Gasteiger partial charge is 0.344 e. The van der Waals surface area contributed by atoms with Crippen molar-refractivity contribution in [3.05, 3.63) is 35.5 Å². The van der Waals surface area contributed by atoms with Crippen molar-refractivity contribution in [2.75, 3.05) is 6.54 Å². The lowest BCUT2D eigenvalue weighted by atomic mass is 9.83. The number of rotatable bonds is 7. The van der Waals surface area contributed by atoms with Gasteiger partial charge in [0.2, 0.25) is 0 Å². The van der Waals surface area contributed by atoms with Gasteiger partial charge in [-0.05, 0) is 99.9 Å². The number of fused-ring (bicyclic) bond motifs is 1. The van der Waals surface area contributed by atoms with Crippen LogP contribution in [0.4, 0.5) is 0 Å². The van der Waals surface area contributed by atoms with E-state index in [1.54, 1.807) is 16.5 Å². The fraction of sp³-hybridized carbons (Fsp3) is 0.724. The van der Waals surface area contributed by atoms with Crippen LogP contribution in [0.3, 0.4) is 0 Å². The van der Waals surface area contributed by atoms with Gasteiger partial charge in [0.15, 0.2) is 0 Å². The third kappa shape index (κ3) is 5.25. The third-order valence-electron chi connectivity index (χ3n) is 8.81. The number of benzene rings is 1. The van der Waals surface area contributed by atoms with Crippen molar-refractivity contribution in [1.82, 2.24) is 9.88 Å². The smallest absolute Gasteiger partial charge is 0.0485 e. The summed E-state index contributed by atoms with van der Waals surface area (Å²) in [6, 6.07) is 9.38. The van der Waals surface area contributed by atoms with Gasteiger partial charge in [-0.15, -0.1) is 0 Å². The predicted molar refractivity (Wildman–Crippen MR) is 136 cm³/mol. The first-order valence-electron chi connectivity index (χ1n) is 13.9. The Bertz CT molecular complexity index is 849. The van der Waals surface area contributed by atoms with Gasteiger partial charge in [0, 0.05) is 35.2 Å². The fourth-order valence-corrected chi connectivity index (χ4v) is 6.80. The van der Waals surface area contributed by atoms with Gasteiger partial charge < -0.3 is 15.6 Å². The lowest BCUT2D eigenvalue weighted by Gasteiger charge is -2.26. The highest BCUT2D eigenvalue weighted by Gasteiger charge is 2.22. The Kier molecular flexibility index (Phi) is 7.54. The van der Waals surface area contributed by atoms with E-state index in [0.29, 0.717) is 18.1 Å². The maximum Gasteiger partial charge on any atom is 0.0485 e. The van der Waals surface area contributed by atoms with E-state index in [9.17, 15) is 0 Å². The summed E-state index contributed by atoms with van der Waals surface area (Å²) in [6.07, 6.45) is 23.8. The van der Waals surface area contributed by atoms with Gasteiger partial charge in [-0.3, -0.25) is 0 Å². The average molecular weight is 436 g/mol. The van der Waals surface area contributed by atoms with Crippen LogP contribution in [0, 0.1) is 0 Å². The Balaban J connectivity index is 1.31. The molecule has 32 heavy (non-hydrogen) atoms. The zero-order chi connectivity index (χ0) is 21.8. The molecule has 1 aromatic carbocycles. The number of nitrogens with two attached hydrogens (primary N) is 1. The molecule has 3 saturated carbocycles. The van der Waals surface area contributed by atoms with Crippen molar-refractivity contribution >= 4 is 10.9 Å². The molecule has 0 aliphatic heterocycles. The maximum absolute atomic E-state index is 6.08. The fourth-order valence-electron chi connectivity index (χ4n) is 6.80. The normalized spacial score (nSPS) is 26.0. The summed E-state index contributed by atoms with van der Waals surface area (Å²) in [5.74, 6) is 0.790.